The smallest absolute Gasteiger partial charge is 0.337 e. The van der Waals surface area contributed by atoms with Crippen LogP contribution >= 0.6 is 0 Å². The number of rotatable bonds is 3. The van der Waals surface area contributed by atoms with E-state index in [0.717, 1.165) is 10.8 Å². The molecule has 0 amide bonds. The van der Waals surface area contributed by atoms with Crippen molar-refractivity contribution in [1.29, 1.82) is 0 Å². The molecule has 1 N–H and O–H groups in total. The summed E-state index contributed by atoms with van der Waals surface area (Å²) in [6.07, 6.45) is 1.61. The quantitative estimate of drug-likeness (QED) is 0.586. The zero-order chi connectivity index (χ0) is 16.2. The highest BCUT2D eigenvalue weighted by Gasteiger charge is 2.05. The van der Waals surface area contributed by atoms with Gasteiger partial charge in [-0.05, 0) is 35.7 Å². The second kappa shape index (κ2) is 6.32. The number of benzene rings is 3. The average Bonchev–Trinajstić information content (AvgIpc) is 2.61. The Morgan fingerprint density at radius 2 is 1.78 bits per heavy atom. The molecule has 3 aromatic rings. The van der Waals surface area contributed by atoms with Crippen molar-refractivity contribution in [2.24, 2.45) is 4.99 Å². The first-order chi connectivity index (χ1) is 11.2. The normalized spacial score (nSPS) is 11.0. The first-order valence-corrected chi connectivity index (χ1v) is 7.12. The summed E-state index contributed by atoms with van der Waals surface area (Å²) in [7, 11) is 1.34. The third kappa shape index (κ3) is 3.06. The van der Waals surface area contributed by atoms with Crippen LogP contribution in [-0.4, -0.2) is 24.4 Å². The minimum Gasteiger partial charge on any atom is -0.507 e. The number of phenols is 1. The molecule has 0 aliphatic heterocycles. The summed E-state index contributed by atoms with van der Waals surface area (Å²) in [6.45, 7) is 0. The Balaban J connectivity index is 1.88. The summed E-state index contributed by atoms with van der Waals surface area (Å²) < 4.78 is 4.65. The lowest BCUT2D eigenvalue weighted by molar-refractivity contribution is 0.0601. The number of phenolic OH excluding ortho intramolecular Hbond substituents is 1. The number of hydrogen-bond acceptors (Lipinski definition) is 4. The van der Waals surface area contributed by atoms with Crippen molar-refractivity contribution in [3.8, 4) is 5.75 Å². The van der Waals surface area contributed by atoms with E-state index in [1.54, 1.807) is 30.5 Å². The number of fused-ring (bicyclic) bond motifs is 1. The molecule has 4 heteroatoms. The highest BCUT2D eigenvalue weighted by Crippen LogP contribution is 2.27. The second-order valence-electron chi connectivity index (χ2n) is 5.02. The monoisotopic (exact) mass is 305 g/mol. The number of methoxy groups -OCH3 is 1. The van der Waals surface area contributed by atoms with Gasteiger partial charge >= 0.3 is 5.97 Å². The zero-order valence-electron chi connectivity index (χ0n) is 12.6. The van der Waals surface area contributed by atoms with Gasteiger partial charge in [0.1, 0.15) is 5.75 Å². The Morgan fingerprint density at radius 3 is 2.52 bits per heavy atom. The molecule has 3 aromatic carbocycles. The van der Waals surface area contributed by atoms with E-state index in [9.17, 15) is 9.90 Å². The summed E-state index contributed by atoms with van der Waals surface area (Å²) in [5, 5.41) is 12.1. The third-order valence-corrected chi connectivity index (χ3v) is 3.57. The van der Waals surface area contributed by atoms with E-state index in [2.05, 4.69) is 9.73 Å². The fourth-order valence-corrected chi connectivity index (χ4v) is 2.32. The van der Waals surface area contributed by atoms with Crippen LogP contribution in [0.2, 0.25) is 0 Å². The molecule has 0 fully saturated rings. The van der Waals surface area contributed by atoms with Gasteiger partial charge in [0.15, 0.2) is 0 Å². The van der Waals surface area contributed by atoms with Crippen molar-refractivity contribution in [3.05, 3.63) is 71.8 Å². The highest BCUT2D eigenvalue weighted by molar-refractivity contribution is 5.97. The molecule has 0 radical (unpaired) electrons. The molecule has 0 spiro atoms. The molecule has 0 atom stereocenters. The van der Waals surface area contributed by atoms with Gasteiger partial charge in [-0.2, -0.15) is 0 Å². The Labute approximate surface area is 133 Å². The average molecular weight is 305 g/mol. The van der Waals surface area contributed by atoms with Crippen molar-refractivity contribution in [2.45, 2.75) is 0 Å². The van der Waals surface area contributed by atoms with E-state index >= 15 is 0 Å². The Bertz CT molecular complexity index is 883. The number of carbonyl (C=O) groups is 1. The number of ether oxygens (including phenoxy) is 1. The molecule has 0 aromatic heterocycles. The second-order valence-corrected chi connectivity index (χ2v) is 5.02. The molecule has 3 rings (SSSR count). The van der Waals surface area contributed by atoms with Gasteiger partial charge in [-0.3, -0.25) is 4.99 Å². The minimum absolute atomic E-state index is 0.207. The van der Waals surface area contributed by atoms with Crippen LogP contribution in [-0.2, 0) is 4.74 Å². The highest BCUT2D eigenvalue weighted by atomic mass is 16.5. The van der Waals surface area contributed by atoms with Gasteiger partial charge in [0.2, 0.25) is 0 Å². The van der Waals surface area contributed by atoms with Crippen LogP contribution < -0.4 is 0 Å². The van der Waals surface area contributed by atoms with Gasteiger partial charge in [-0.15, -0.1) is 0 Å². The van der Waals surface area contributed by atoms with E-state index in [1.807, 2.05) is 36.4 Å². The third-order valence-electron chi connectivity index (χ3n) is 3.57. The van der Waals surface area contributed by atoms with E-state index in [-0.39, 0.29) is 11.7 Å². The Hall–Kier alpha value is -3.14. The fourth-order valence-electron chi connectivity index (χ4n) is 2.32. The van der Waals surface area contributed by atoms with Crippen molar-refractivity contribution >= 4 is 28.6 Å². The van der Waals surface area contributed by atoms with Crippen molar-refractivity contribution in [1.82, 2.24) is 0 Å². The largest absolute Gasteiger partial charge is 0.507 e. The van der Waals surface area contributed by atoms with Crippen LogP contribution in [0.3, 0.4) is 0 Å². The molecular weight excluding hydrogens is 290 g/mol. The SMILES string of the molecule is COC(=O)c1ccc(N=Cc2ccc3ccccc3c2O)cc1. The molecule has 0 aliphatic carbocycles. The summed E-state index contributed by atoms with van der Waals surface area (Å²) in [5.74, 6) is -0.175. The van der Waals surface area contributed by atoms with Crippen LogP contribution in [0.4, 0.5) is 5.69 Å². The number of aliphatic imine (C=N–C) groups is 1. The maximum absolute atomic E-state index is 11.4. The minimum atomic E-state index is -0.382. The lowest BCUT2D eigenvalue weighted by Crippen LogP contribution is -1.99. The number of nitrogens with zero attached hydrogens (tertiary/aromatic N) is 1. The maximum Gasteiger partial charge on any atom is 0.337 e. The molecule has 0 saturated carbocycles. The summed E-state index contributed by atoms with van der Waals surface area (Å²) >= 11 is 0. The molecule has 0 saturated heterocycles. The van der Waals surface area contributed by atoms with Gasteiger partial charge < -0.3 is 9.84 Å². The van der Waals surface area contributed by atoms with Gasteiger partial charge in [0.25, 0.3) is 0 Å². The summed E-state index contributed by atoms with van der Waals surface area (Å²) in [4.78, 5) is 15.7. The maximum atomic E-state index is 11.4. The molecule has 4 nitrogen and oxygen atoms in total. The first-order valence-electron chi connectivity index (χ1n) is 7.12. The predicted octanol–water partition coefficient (Wildman–Crippen LogP) is 4.08. The number of hydrogen-bond donors (Lipinski definition) is 1. The number of esters is 1. The Morgan fingerprint density at radius 1 is 1.04 bits per heavy atom. The van der Waals surface area contributed by atoms with Gasteiger partial charge in [0.05, 0.1) is 18.4 Å². The lowest BCUT2D eigenvalue weighted by atomic mass is 10.1. The standard InChI is InChI=1S/C19H15NO3/c1-23-19(22)14-8-10-16(11-9-14)20-12-15-7-6-13-4-2-3-5-17(13)18(15)21/h2-12,21H,1H3. The molecule has 114 valence electrons. The van der Waals surface area contributed by atoms with Crippen LogP contribution in [0.15, 0.2) is 65.7 Å². The van der Waals surface area contributed by atoms with Gasteiger partial charge in [-0.25, -0.2) is 4.79 Å². The van der Waals surface area contributed by atoms with Crippen molar-refractivity contribution < 1.29 is 14.6 Å². The molecule has 23 heavy (non-hydrogen) atoms. The Kier molecular flexibility index (Phi) is 4.06. The van der Waals surface area contributed by atoms with E-state index < -0.39 is 0 Å². The van der Waals surface area contributed by atoms with Gasteiger partial charge in [-0.1, -0.05) is 30.3 Å². The van der Waals surface area contributed by atoms with E-state index in [0.29, 0.717) is 16.8 Å². The van der Waals surface area contributed by atoms with E-state index in [1.165, 1.54) is 7.11 Å². The fraction of sp³-hybridized carbons (Fsp3) is 0.0526. The lowest BCUT2D eigenvalue weighted by Gasteiger charge is -2.04. The molecule has 0 aliphatic rings. The summed E-state index contributed by atoms with van der Waals surface area (Å²) in [6, 6.07) is 18.1. The molecule has 0 unspecified atom stereocenters. The predicted molar refractivity (Wildman–Crippen MR) is 90.6 cm³/mol. The van der Waals surface area contributed by atoms with Crippen LogP contribution in [0.1, 0.15) is 15.9 Å². The van der Waals surface area contributed by atoms with Crippen molar-refractivity contribution in [3.63, 3.8) is 0 Å². The van der Waals surface area contributed by atoms with Crippen molar-refractivity contribution in [2.75, 3.05) is 7.11 Å². The van der Waals surface area contributed by atoms with Crippen LogP contribution in [0, 0.1) is 0 Å². The topological polar surface area (TPSA) is 58.9 Å². The zero-order valence-corrected chi connectivity index (χ0v) is 12.6. The first kappa shape index (κ1) is 14.8. The molecule has 0 bridgehead atoms. The van der Waals surface area contributed by atoms with Gasteiger partial charge in [0, 0.05) is 17.2 Å². The summed E-state index contributed by atoms with van der Waals surface area (Å²) in [5.41, 5.74) is 1.80. The van der Waals surface area contributed by atoms with E-state index in [4.69, 9.17) is 0 Å². The van der Waals surface area contributed by atoms with Crippen LogP contribution in [0.5, 0.6) is 5.75 Å². The number of aromatic hydroxyl groups is 1. The van der Waals surface area contributed by atoms with Crippen LogP contribution in [0.25, 0.3) is 10.8 Å². The number of carbonyl (C=O) groups excluding carboxylic acids is 1. The molecule has 0 heterocycles. The molecular formula is C19H15NO3.